The molecule has 0 saturated carbocycles. The first-order valence-electron chi connectivity index (χ1n) is 6.17. The number of carbonyl (C=O) groups is 2. The second-order valence-corrected chi connectivity index (χ2v) is 4.98. The number of carbonyl (C=O) groups excluding carboxylic acids is 1. The van der Waals surface area contributed by atoms with E-state index >= 15 is 0 Å². The first kappa shape index (κ1) is 12.4. The Bertz CT molecular complexity index is 330. The van der Waals surface area contributed by atoms with Gasteiger partial charge in [-0.15, -0.1) is 0 Å². The summed E-state index contributed by atoms with van der Waals surface area (Å²) in [5.41, 5.74) is 0. The lowest BCUT2D eigenvalue weighted by molar-refractivity contribution is -0.143. The van der Waals surface area contributed by atoms with Crippen molar-refractivity contribution in [2.45, 2.75) is 38.8 Å². The van der Waals surface area contributed by atoms with Crippen LogP contribution in [0.2, 0.25) is 0 Å². The van der Waals surface area contributed by atoms with Crippen molar-refractivity contribution in [3.8, 4) is 0 Å². The minimum Gasteiger partial charge on any atom is -0.481 e. The van der Waals surface area contributed by atoms with Crippen LogP contribution in [0.1, 0.15) is 26.7 Å². The minimum absolute atomic E-state index is 0.0430. The molecule has 1 N–H and O–H groups in total. The summed E-state index contributed by atoms with van der Waals surface area (Å²) in [5, 5.41) is 9.04. The van der Waals surface area contributed by atoms with E-state index in [1.165, 1.54) is 0 Å². The third-order valence-corrected chi connectivity index (χ3v) is 4.05. The van der Waals surface area contributed by atoms with Crippen molar-refractivity contribution >= 4 is 11.9 Å². The summed E-state index contributed by atoms with van der Waals surface area (Å²) in [6.07, 6.45) is 1.27. The lowest BCUT2D eigenvalue weighted by Crippen LogP contribution is -2.42. The van der Waals surface area contributed by atoms with Crippen molar-refractivity contribution in [1.82, 2.24) is 4.90 Å². The highest BCUT2D eigenvalue weighted by Crippen LogP contribution is 2.30. The molecule has 0 bridgehead atoms. The Kier molecular flexibility index (Phi) is 3.38. The molecule has 0 aromatic heterocycles. The van der Waals surface area contributed by atoms with Crippen molar-refractivity contribution in [3.63, 3.8) is 0 Å². The zero-order valence-electron chi connectivity index (χ0n) is 10.3. The maximum atomic E-state index is 12.3. The second-order valence-electron chi connectivity index (χ2n) is 4.98. The molecule has 4 unspecified atom stereocenters. The zero-order chi connectivity index (χ0) is 12.6. The summed E-state index contributed by atoms with van der Waals surface area (Å²) in [7, 11) is 0. The van der Waals surface area contributed by atoms with Gasteiger partial charge in [-0.25, -0.2) is 0 Å². The molecule has 17 heavy (non-hydrogen) atoms. The SMILES string of the molecule is CC1OCCC1C(=O)N1CCC(C(=O)O)C1C. The predicted molar refractivity (Wildman–Crippen MR) is 60.4 cm³/mol. The molecule has 5 nitrogen and oxygen atoms in total. The van der Waals surface area contributed by atoms with E-state index in [4.69, 9.17) is 9.84 Å². The molecular weight excluding hydrogens is 222 g/mol. The lowest BCUT2D eigenvalue weighted by Gasteiger charge is -2.27. The number of rotatable bonds is 2. The van der Waals surface area contributed by atoms with Crippen molar-refractivity contribution < 1.29 is 19.4 Å². The molecule has 0 aromatic rings. The molecule has 0 aromatic carbocycles. The van der Waals surface area contributed by atoms with E-state index in [0.29, 0.717) is 19.6 Å². The molecule has 4 atom stereocenters. The third kappa shape index (κ3) is 2.16. The van der Waals surface area contributed by atoms with Crippen LogP contribution in [0.5, 0.6) is 0 Å². The Hall–Kier alpha value is -1.10. The highest BCUT2D eigenvalue weighted by atomic mass is 16.5. The quantitative estimate of drug-likeness (QED) is 0.774. The lowest BCUT2D eigenvalue weighted by atomic mass is 9.99. The number of aliphatic carboxylic acids is 1. The number of amides is 1. The fraction of sp³-hybridized carbons (Fsp3) is 0.833. The molecular formula is C12H19NO4. The maximum Gasteiger partial charge on any atom is 0.308 e. The van der Waals surface area contributed by atoms with Gasteiger partial charge < -0.3 is 14.7 Å². The van der Waals surface area contributed by atoms with Crippen LogP contribution in [0.3, 0.4) is 0 Å². The summed E-state index contributed by atoms with van der Waals surface area (Å²) in [6.45, 7) is 4.91. The largest absolute Gasteiger partial charge is 0.481 e. The van der Waals surface area contributed by atoms with Gasteiger partial charge in [-0.3, -0.25) is 9.59 Å². The van der Waals surface area contributed by atoms with Gasteiger partial charge in [-0.1, -0.05) is 0 Å². The van der Waals surface area contributed by atoms with Gasteiger partial charge >= 0.3 is 5.97 Å². The van der Waals surface area contributed by atoms with Gasteiger partial charge in [-0.2, -0.15) is 0 Å². The van der Waals surface area contributed by atoms with Crippen molar-refractivity contribution in [3.05, 3.63) is 0 Å². The van der Waals surface area contributed by atoms with E-state index < -0.39 is 11.9 Å². The molecule has 2 rings (SSSR count). The molecule has 0 spiro atoms. The van der Waals surface area contributed by atoms with E-state index in [1.807, 2.05) is 13.8 Å². The van der Waals surface area contributed by atoms with Gasteiger partial charge in [0, 0.05) is 19.2 Å². The highest BCUT2D eigenvalue weighted by Gasteiger charge is 2.42. The number of hydrogen-bond donors (Lipinski definition) is 1. The van der Waals surface area contributed by atoms with Gasteiger partial charge in [0.2, 0.25) is 5.91 Å². The molecule has 5 heteroatoms. The van der Waals surface area contributed by atoms with E-state index in [0.717, 1.165) is 6.42 Å². The monoisotopic (exact) mass is 241 g/mol. The molecule has 1 amide bonds. The van der Waals surface area contributed by atoms with E-state index in [2.05, 4.69) is 0 Å². The molecule has 2 saturated heterocycles. The van der Waals surface area contributed by atoms with Gasteiger partial charge in [0.1, 0.15) is 0 Å². The van der Waals surface area contributed by atoms with Crippen molar-refractivity contribution in [1.29, 1.82) is 0 Å². The number of hydrogen-bond acceptors (Lipinski definition) is 3. The minimum atomic E-state index is -0.802. The summed E-state index contributed by atoms with van der Waals surface area (Å²) in [5.74, 6) is -1.25. The van der Waals surface area contributed by atoms with Crippen LogP contribution in [-0.2, 0) is 14.3 Å². The Labute approximate surface area is 101 Å². The van der Waals surface area contributed by atoms with Crippen LogP contribution >= 0.6 is 0 Å². The third-order valence-electron chi connectivity index (χ3n) is 4.05. The van der Waals surface area contributed by atoms with Crippen LogP contribution in [0.25, 0.3) is 0 Å². The van der Waals surface area contributed by atoms with E-state index in [-0.39, 0.29) is 24.0 Å². The number of likely N-dealkylation sites (tertiary alicyclic amines) is 1. The number of ether oxygens (including phenoxy) is 1. The van der Waals surface area contributed by atoms with Crippen LogP contribution in [-0.4, -0.2) is 47.2 Å². The summed E-state index contributed by atoms with van der Waals surface area (Å²) < 4.78 is 5.39. The maximum absolute atomic E-state index is 12.3. The molecule has 0 aliphatic carbocycles. The van der Waals surface area contributed by atoms with Crippen molar-refractivity contribution in [2.24, 2.45) is 11.8 Å². The zero-order valence-corrected chi connectivity index (χ0v) is 10.3. The Morgan fingerprint density at radius 1 is 1.24 bits per heavy atom. The topological polar surface area (TPSA) is 66.8 Å². The Morgan fingerprint density at radius 2 is 1.94 bits per heavy atom. The molecule has 96 valence electrons. The van der Waals surface area contributed by atoms with Crippen LogP contribution in [0.4, 0.5) is 0 Å². The van der Waals surface area contributed by atoms with Crippen LogP contribution in [0.15, 0.2) is 0 Å². The second kappa shape index (κ2) is 4.64. The molecule has 2 heterocycles. The number of carboxylic acids is 1. The average Bonchev–Trinajstić information content (AvgIpc) is 2.83. The smallest absolute Gasteiger partial charge is 0.308 e. The number of nitrogens with zero attached hydrogens (tertiary/aromatic N) is 1. The Morgan fingerprint density at radius 3 is 2.41 bits per heavy atom. The first-order chi connectivity index (χ1) is 8.02. The van der Waals surface area contributed by atoms with Gasteiger partial charge in [0.25, 0.3) is 0 Å². The van der Waals surface area contributed by atoms with Crippen LogP contribution < -0.4 is 0 Å². The first-order valence-corrected chi connectivity index (χ1v) is 6.17. The van der Waals surface area contributed by atoms with Gasteiger partial charge in [0.05, 0.1) is 17.9 Å². The van der Waals surface area contributed by atoms with E-state index in [1.54, 1.807) is 4.90 Å². The van der Waals surface area contributed by atoms with Crippen LogP contribution in [0, 0.1) is 11.8 Å². The summed E-state index contributed by atoms with van der Waals surface area (Å²) in [4.78, 5) is 25.0. The fourth-order valence-corrected chi connectivity index (χ4v) is 2.85. The standard InChI is InChI=1S/C12H19NO4/c1-7-9(12(15)16)3-5-13(7)11(14)10-4-6-17-8(10)2/h7-10H,3-6H2,1-2H3,(H,15,16). The Balaban J connectivity index is 2.04. The normalized spacial score (nSPS) is 37.4. The van der Waals surface area contributed by atoms with Gasteiger partial charge in [0.15, 0.2) is 0 Å². The highest BCUT2D eigenvalue weighted by molar-refractivity contribution is 5.82. The molecule has 2 aliphatic heterocycles. The van der Waals surface area contributed by atoms with Gasteiger partial charge in [-0.05, 0) is 26.7 Å². The summed E-state index contributed by atoms with van der Waals surface area (Å²) >= 11 is 0. The molecule has 0 radical (unpaired) electrons. The molecule has 2 aliphatic rings. The molecule has 2 fully saturated rings. The number of carboxylic acid groups (broad SMARTS) is 1. The van der Waals surface area contributed by atoms with E-state index in [9.17, 15) is 9.59 Å². The predicted octanol–water partition coefficient (Wildman–Crippen LogP) is 0.733. The fourth-order valence-electron chi connectivity index (χ4n) is 2.85. The van der Waals surface area contributed by atoms with Crippen molar-refractivity contribution in [2.75, 3.05) is 13.2 Å². The summed E-state index contributed by atoms with van der Waals surface area (Å²) in [6, 6.07) is -0.201. The average molecular weight is 241 g/mol.